The minimum Gasteiger partial charge on any atom is -0.386 e. The number of imidazole rings is 1. The van der Waals surface area contributed by atoms with E-state index in [1.54, 1.807) is 0 Å². The molecule has 1 aliphatic carbocycles. The maximum atomic E-state index is 5.75. The van der Waals surface area contributed by atoms with Crippen molar-refractivity contribution in [2.75, 3.05) is 0 Å². The van der Waals surface area contributed by atoms with Crippen LogP contribution in [0.4, 0.5) is 0 Å². The van der Waals surface area contributed by atoms with Gasteiger partial charge in [-0.3, -0.25) is 0 Å². The Morgan fingerprint density at radius 1 is 1.41 bits per heavy atom. The molecule has 5 heteroatoms. The minimum absolute atomic E-state index is 0.377. The summed E-state index contributed by atoms with van der Waals surface area (Å²) >= 11 is 0. The highest BCUT2D eigenvalue weighted by Crippen LogP contribution is 2.36. The fourth-order valence-electron chi connectivity index (χ4n) is 2.33. The molecule has 1 atom stereocenters. The molecule has 1 aromatic heterocycles. The molecule has 0 amide bonds. The van der Waals surface area contributed by atoms with Crippen LogP contribution < -0.4 is 5.73 Å². The van der Waals surface area contributed by atoms with Crippen LogP contribution in [0.25, 0.3) is 0 Å². The lowest BCUT2D eigenvalue weighted by atomic mass is 9.93. The molecule has 0 spiro atoms. The Bertz CT molecular complexity index is 481. The highest BCUT2D eigenvalue weighted by atomic mass is 15.3. The summed E-state index contributed by atoms with van der Waals surface area (Å²) in [5, 5.41) is 8.32. The van der Waals surface area contributed by atoms with E-state index >= 15 is 0 Å². The number of aromatic nitrogens is 2. The number of nitrogens with zero attached hydrogens (tertiary/aromatic N) is 4. The van der Waals surface area contributed by atoms with Gasteiger partial charge in [0.15, 0.2) is 0 Å². The van der Waals surface area contributed by atoms with E-state index in [1.165, 1.54) is 12.8 Å². The fourth-order valence-corrected chi connectivity index (χ4v) is 2.33. The molecule has 5 nitrogen and oxygen atoms in total. The van der Waals surface area contributed by atoms with Crippen LogP contribution in [-0.2, 0) is 0 Å². The van der Waals surface area contributed by atoms with Gasteiger partial charge in [0, 0.05) is 18.4 Å². The van der Waals surface area contributed by atoms with Gasteiger partial charge in [-0.15, -0.1) is 5.10 Å². The van der Waals surface area contributed by atoms with Crippen LogP contribution in [0.5, 0.6) is 0 Å². The summed E-state index contributed by atoms with van der Waals surface area (Å²) in [7, 11) is 0. The van der Waals surface area contributed by atoms with Crippen LogP contribution in [0.2, 0.25) is 0 Å². The Morgan fingerprint density at radius 3 is 2.94 bits per heavy atom. The first-order chi connectivity index (χ1) is 8.29. The zero-order valence-corrected chi connectivity index (χ0v) is 10.0. The lowest BCUT2D eigenvalue weighted by Gasteiger charge is -2.20. The van der Waals surface area contributed by atoms with Gasteiger partial charge in [0.2, 0.25) is 0 Å². The molecule has 1 aromatic rings. The van der Waals surface area contributed by atoms with E-state index in [9.17, 15) is 0 Å². The van der Waals surface area contributed by atoms with Crippen LogP contribution in [0, 0.1) is 5.92 Å². The van der Waals surface area contributed by atoms with Crippen LogP contribution in [0.3, 0.4) is 0 Å². The van der Waals surface area contributed by atoms with Crippen molar-refractivity contribution >= 4 is 11.5 Å². The second kappa shape index (κ2) is 3.98. The number of hydrogen-bond donors (Lipinski definition) is 1. The number of hydrogen-bond acceptors (Lipinski definition) is 4. The molecule has 0 saturated heterocycles. The molecule has 2 heterocycles. The van der Waals surface area contributed by atoms with Gasteiger partial charge in [0.25, 0.3) is 0 Å². The third-order valence-corrected chi connectivity index (χ3v) is 3.49. The van der Waals surface area contributed by atoms with Gasteiger partial charge in [-0.05, 0) is 19.3 Å². The maximum absolute atomic E-state index is 5.75. The summed E-state index contributed by atoms with van der Waals surface area (Å²) in [4.78, 5) is 4.25. The van der Waals surface area contributed by atoms with Crippen molar-refractivity contribution in [3.8, 4) is 0 Å². The molecule has 1 fully saturated rings. The Kier molecular flexibility index (Phi) is 2.46. The van der Waals surface area contributed by atoms with Crippen molar-refractivity contribution in [3.63, 3.8) is 0 Å². The smallest absolute Gasteiger partial charge is 0.123 e. The van der Waals surface area contributed by atoms with Crippen molar-refractivity contribution in [2.45, 2.75) is 38.6 Å². The summed E-state index contributed by atoms with van der Waals surface area (Å²) in [6, 6.07) is 0.621. The molecule has 3 rings (SSSR count). The summed E-state index contributed by atoms with van der Waals surface area (Å²) in [5.74, 6) is 1.01. The Balaban J connectivity index is 1.98. The second-order valence-electron chi connectivity index (χ2n) is 4.80. The van der Waals surface area contributed by atoms with Crippen LogP contribution in [-0.4, -0.2) is 21.1 Å². The predicted molar refractivity (Wildman–Crippen MR) is 67.1 cm³/mol. The third-order valence-electron chi connectivity index (χ3n) is 3.49. The molecule has 1 unspecified atom stereocenters. The van der Waals surface area contributed by atoms with Gasteiger partial charge in [0.1, 0.15) is 5.84 Å². The predicted octanol–water partition coefficient (Wildman–Crippen LogP) is 1.71. The molecular weight excluding hydrogens is 214 g/mol. The molecule has 1 aliphatic heterocycles. The number of nitrogens with two attached hydrogens (primary N) is 1. The van der Waals surface area contributed by atoms with Gasteiger partial charge in [-0.2, -0.15) is 5.10 Å². The van der Waals surface area contributed by atoms with Crippen molar-refractivity contribution in [3.05, 3.63) is 18.2 Å². The second-order valence-corrected chi connectivity index (χ2v) is 4.80. The first kappa shape index (κ1) is 10.5. The van der Waals surface area contributed by atoms with Gasteiger partial charge in [-0.1, -0.05) is 6.92 Å². The van der Waals surface area contributed by atoms with E-state index in [0.717, 1.165) is 24.2 Å². The van der Waals surface area contributed by atoms with Gasteiger partial charge >= 0.3 is 0 Å². The fraction of sp³-hybridized carbons (Fsp3) is 0.583. The van der Waals surface area contributed by atoms with Crippen molar-refractivity contribution in [1.29, 1.82) is 0 Å². The van der Waals surface area contributed by atoms with Gasteiger partial charge < -0.3 is 10.3 Å². The van der Waals surface area contributed by atoms with Crippen LogP contribution in [0.15, 0.2) is 22.7 Å². The lowest BCUT2D eigenvalue weighted by Crippen LogP contribution is -2.28. The summed E-state index contributed by atoms with van der Waals surface area (Å²) in [6.45, 7) is 2.16. The monoisotopic (exact) mass is 231 g/mol. The highest BCUT2D eigenvalue weighted by molar-refractivity contribution is 6.04. The minimum atomic E-state index is 0.377. The van der Waals surface area contributed by atoms with E-state index in [1.807, 2.05) is 12.5 Å². The molecule has 0 bridgehead atoms. The first-order valence-corrected chi connectivity index (χ1v) is 6.21. The Morgan fingerprint density at radius 2 is 2.24 bits per heavy atom. The molecule has 90 valence electrons. The zero-order chi connectivity index (χ0) is 11.8. The van der Waals surface area contributed by atoms with Crippen molar-refractivity contribution in [2.24, 2.45) is 21.9 Å². The average Bonchev–Trinajstić information content (AvgIpc) is 3.07. The van der Waals surface area contributed by atoms with Gasteiger partial charge in [0.05, 0.1) is 23.9 Å². The van der Waals surface area contributed by atoms with E-state index in [4.69, 9.17) is 5.73 Å². The van der Waals surface area contributed by atoms with Crippen LogP contribution in [0.1, 0.15) is 44.3 Å². The number of amidine groups is 1. The van der Waals surface area contributed by atoms with Crippen LogP contribution >= 0.6 is 0 Å². The molecule has 2 N–H and O–H groups in total. The molecular formula is C12H17N5. The van der Waals surface area contributed by atoms with E-state index in [2.05, 4.69) is 26.7 Å². The van der Waals surface area contributed by atoms with E-state index < -0.39 is 0 Å². The molecule has 0 aromatic carbocycles. The quantitative estimate of drug-likeness (QED) is 0.860. The third kappa shape index (κ3) is 1.85. The summed E-state index contributed by atoms with van der Waals surface area (Å²) < 4.78 is 2.23. The summed E-state index contributed by atoms with van der Waals surface area (Å²) in [6.07, 6.45) is 8.15. The zero-order valence-electron chi connectivity index (χ0n) is 10.0. The Hall–Kier alpha value is -1.65. The normalized spacial score (nSPS) is 24.4. The standard InChI is InChI=1S/C12H17N5/c1-2-8-5-11(13)15-16-12(8)10-6-14-7-17(10)9-3-4-9/h6-9H,2-5H2,1H3,(H2,13,15). The topological polar surface area (TPSA) is 68.6 Å². The van der Waals surface area contributed by atoms with E-state index in [-0.39, 0.29) is 0 Å². The van der Waals surface area contributed by atoms with Crippen molar-refractivity contribution in [1.82, 2.24) is 9.55 Å². The first-order valence-electron chi connectivity index (χ1n) is 6.21. The number of rotatable bonds is 3. The summed E-state index contributed by atoms with van der Waals surface area (Å²) in [5.41, 5.74) is 7.92. The molecule has 2 aliphatic rings. The largest absolute Gasteiger partial charge is 0.386 e. The highest BCUT2D eigenvalue weighted by Gasteiger charge is 2.30. The SMILES string of the molecule is CCC1CC(N)=NN=C1c1cncn1C1CC1. The molecule has 17 heavy (non-hydrogen) atoms. The van der Waals surface area contributed by atoms with Crippen molar-refractivity contribution < 1.29 is 0 Å². The molecule has 1 saturated carbocycles. The average molecular weight is 231 g/mol. The van der Waals surface area contributed by atoms with Gasteiger partial charge in [-0.25, -0.2) is 4.98 Å². The maximum Gasteiger partial charge on any atom is 0.123 e. The molecule has 0 radical (unpaired) electrons. The van der Waals surface area contributed by atoms with E-state index in [0.29, 0.717) is 17.8 Å². The Labute approximate surface area is 100 Å². The lowest BCUT2D eigenvalue weighted by molar-refractivity contribution is 0.660.